The van der Waals surface area contributed by atoms with Crippen molar-refractivity contribution in [3.05, 3.63) is 33.9 Å². The van der Waals surface area contributed by atoms with Gasteiger partial charge in [0.2, 0.25) is 5.91 Å². The Labute approximate surface area is 91.8 Å². The standard InChI is InChI=1S/C10H11N3O3/c11-6-10(14)12-5-4-7-8(12)2-1-3-9(7)13(15)16/h1-3H,4-6,11H2. The Bertz CT molecular complexity index is 459. The van der Waals surface area contributed by atoms with E-state index in [1.54, 1.807) is 12.1 Å². The minimum atomic E-state index is -0.421. The number of anilines is 1. The van der Waals surface area contributed by atoms with Gasteiger partial charge in [-0.2, -0.15) is 0 Å². The number of carbonyl (C=O) groups excluding carboxylic acids is 1. The lowest BCUT2D eigenvalue weighted by atomic mass is 10.1. The van der Waals surface area contributed by atoms with Crippen molar-refractivity contribution in [1.29, 1.82) is 0 Å². The molecule has 16 heavy (non-hydrogen) atoms. The van der Waals surface area contributed by atoms with E-state index in [0.717, 1.165) is 0 Å². The van der Waals surface area contributed by atoms with Crippen LogP contribution in [0.4, 0.5) is 11.4 Å². The summed E-state index contributed by atoms with van der Waals surface area (Å²) >= 11 is 0. The molecule has 2 N–H and O–H groups in total. The Morgan fingerprint density at radius 3 is 2.94 bits per heavy atom. The zero-order valence-electron chi connectivity index (χ0n) is 8.55. The van der Waals surface area contributed by atoms with Gasteiger partial charge < -0.3 is 10.6 Å². The van der Waals surface area contributed by atoms with E-state index in [0.29, 0.717) is 24.2 Å². The van der Waals surface area contributed by atoms with Gasteiger partial charge in [-0.05, 0) is 12.5 Å². The van der Waals surface area contributed by atoms with Gasteiger partial charge in [0.25, 0.3) is 5.69 Å². The monoisotopic (exact) mass is 221 g/mol. The number of amides is 1. The van der Waals surface area contributed by atoms with Gasteiger partial charge in [0.05, 0.1) is 22.7 Å². The summed E-state index contributed by atoms with van der Waals surface area (Å²) in [6.07, 6.45) is 0.512. The van der Waals surface area contributed by atoms with Crippen molar-refractivity contribution in [1.82, 2.24) is 0 Å². The van der Waals surface area contributed by atoms with Crippen LogP contribution in [0.5, 0.6) is 0 Å². The van der Waals surface area contributed by atoms with Crippen molar-refractivity contribution in [3.63, 3.8) is 0 Å². The predicted octanol–water partition coefficient (Wildman–Crippen LogP) is 0.443. The number of nitro benzene ring substituents is 1. The SMILES string of the molecule is NCC(=O)N1CCc2c1cccc2[N+](=O)[O-]. The maximum atomic E-state index is 11.5. The first-order chi connectivity index (χ1) is 7.65. The molecule has 6 nitrogen and oxygen atoms in total. The van der Waals surface area contributed by atoms with E-state index < -0.39 is 4.92 Å². The van der Waals surface area contributed by atoms with Crippen LogP contribution in [0.15, 0.2) is 18.2 Å². The molecule has 1 aromatic carbocycles. The van der Waals surface area contributed by atoms with Gasteiger partial charge in [0.15, 0.2) is 0 Å². The first-order valence-corrected chi connectivity index (χ1v) is 4.92. The highest BCUT2D eigenvalue weighted by Gasteiger charge is 2.29. The normalized spacial score (nSPS) is 13.7. The molecule has 2 rings (SSSR count). The first kappa shape index (κ1) is 10.6. The molecule has 0 bridgehead atoms. The van der Waals surface area contributed by atoms with Crippen molar-refractivity contribution >= 4 is 17.3 Å². The lowest BCUT2D eigenvalue weighted by molar-refractivity contribution is -0.385. The Morgan fingerprint density at radius 1 is 1.56 bits per heavy atom. The summed E-state index contributed by atoms with van der Waals surface area (Å²) in [6, 6.07) is 4.75. The topological polar surface area (TPSA) is 89.5 Å². The van der Waals surface area contributed by atoms with Crippen LogP contribution >= 0.6 is 0 Å². The van der Waals surface area contributed by atoms with Crippen molar-refractivity contribution in [2.24, 2.45) is 5.73 Å². The molecule has 84 valence electrons. The molecule has 0 spiro atoms. The van der Waals surface area contributed by atoms with E-state index in [1.165, 1.54) is 11.0 Å². The highest BCUT2D eigenvalue weighted by atomic mass is 16.6. The fraction of sp³-hybridized carbons (Fsp3) is 0.300. The molecule has 0 aromatic heterocycles. The van der Waals surface area contributed by atoms with Gasteiger partial charge in [0.1, 0.15) is 0 Å². The summed E-state index contributed by atoms with van der Waals surface area (Å²) in [7, 11) is 0. The summed E-state index contributed by atoms with van der Waals surface area (Å²) in [4.78, 5) is 23.4. The molecule has 1 aromatic rings. The summed E-state index contributed by atoms with van der Waals surface area (Å²) in [5.74, 6) is -0.209. The van der Waals surface area contributed by atoms with Crippen LogP contribution in [0.3, 0.4) is 0 Å². The fourth-order valence-electron chi connectivity index (χ4n) is 1.96. The zero-order chi connectivity index (χ0) is 11.7. The van der Waals surface area contributed by atoms with Gasteiger partial charge in [-0.15, -0.1) is 0 Å². The number of benzene rings is 1. The highest BCUT2D eigenvalue weighted by molar-refractivity contribution is 5.97. The van der Waals surface area contributed by atoms with Crippen molar-refractivity contribution < 1.29 is 9.72 Å². The van der Waals surface area contributed by atoms with E-state index in [4.69, 9.17) is 5.73 Å². The molecule has 6 heteroatoms. The number of carbonyl (C=O) groups is 1. The predicted molar refractivity (Wildman–Crippen MR) is 58.2 cm³/mol. The van der Waals surface area contributed by atoms with Crippen molar-refractivity contribution in [2.75, 3.05) is 18.0 Å². The Balaban J connectivity index is 2.45. The van der Waals surface area contributed by atoms with Crippen LogP contribution in [-0.2, 0) is 11.2 Å². The molecule has 0 saturated carbocycles. The van der Waals surface area contributed by atoms with E-state index >= 15 is 0 Å². The first-order valence-electron chi connectivity index (χ1n) is 4.92. The van der Waals surface area contributed by atoms with E-state index in [9.17, 15) is 14.9 Å². The lowest BCUT2D eigenvalue weighted by Crippen LogP contribution is -2.34. The van der Waals surface area contributed by atoms with Gasteiger partial charge in [-0.1, -0.05) is 6.07 Å². The fourth-order valence-corrected chi connectivity index (χ4v) is 1.96. The second-order valence-corrected chi connectivity index (χ2v) is 3.53. The third kappa shape index (κ3) is 1.53. The highest BCUT2D eigenvalue weighted by Crippen LogP contribution is 2.34. The number of fused-ring (bicyclic) bond motifs is 1. The molecule has 0 aliphatic carbocycles. The molecular weight excluding hydrogens is 210 g/mol. The van der Waals surface area contributed by atoms with Crippen molar-refractivity contribution in [2.45, 2.75) is 6.42 Å². The molecule has 1 heterocycles. The molecule has 1 aliphatic rings. The maximum absolute atomic E-state index is 11.5. The molecule has 1 amide bonds. The van der Waals surface area contributed by atoms with Crippen molar-refractivity contribution in [3.8, 4) is 0 Å². The van der Waals surface area contributed by atoms with Gasteiger partial charge in [-0.25, -0.2) is 0 Å². The summed E-state index contributed by atoms with van der Waals surface area (Å²) < 4.78 is 0. The molecule has 0 fully saturated rings. The lowest BCUT2D eigenvalue weighted by Gasteiger charge is -2.15. The minimum absolute atomic E-state index is 0.0739. The molecule has 0 unspecified atom stereocenters. The summed E-state index contributed by atoms with van der Waals surface area (Å²) in [5, 5.41) is 10.8. The number of nitrogens with zero attached hydrogens (tertiary/aromatic N) is 2. The van der Waals surface area contributed by atoms with Crippen LogP contribution in [0.25, 0.3) is 0 Å². The third-order valence-corrected chi connectivity index (χ3v) is 2.68. The number of nitrogens with two attached hydrogens (primary N) is 1. The second-order valence-electron chi connectivity index (χ2n) is 3.53. The van der Waals surface area contributed by atoms with Crippen LogP contribution in [0.1, 0.15) is 5.56 Å². The van der Waals surface area contributed by atoms with Gasteiger partial charge in [-0.3, -0.25) is 14.9 Å². The Kier molecular flexibility index (Phi) is 2.57. The Morgan fingerprint density at radius 2 is 2.31 bits per heavy atom. The molecule has 1 aliphatic heterocycles. The van der Waals surface area contributed by atoms with Gasteiger partial charge in [0, 0.05) is 12.6 Å². The molecule has 0 radical (unpaired) electrons. The second kappa shape index (κ2) is 3.90. The van der Waals surface area contributed by atoms with Crippen LogP contribution in [0.2, 0.25) is 0 Å². The third-order valence-electron chi connectivity index (χ3n) is 2.68. The van der Waals surface area contributed by atoms with Crippen LogP contribution in [-0.4, -0.2) is 23.9 Å². The van der Waals surface area contributed by atoms with E-state index in [2.05, 4.69) is 0 Å². The number of rotatable bonds is 2. The molecule has 0 saturated heterocycles. The molecule has 0 atom stereocenters. The minimum Gasteiger partial charge on any atom is -0.322 e. The van der Waals surface area contributed by atoms with Gasteiger partial charge >= 0.3 is 0 Å². The number of hydrogen-bond donors (Lipinski definition) is 1. The average molecular weight is 221 g/mol. The number of nitro groups is 1. The Hall–Kier alpha value is -1.95. The number of hydrogen-bond acceptors (Lipinski definition) is 4. The smallest absolute Gasteiger partial charge is 0.274 e. The van der Waals surface area contributed by atoms with Crippen LogP contribution < -0.4 is 10.6 Å². The average Bonchev–Trinajstić information content (AvgIpc) is 2.71. The summed E-state index contributed by atoms with van der Waals surface area (Å²) in [5.41, 5.74) is 6.59. The maximum Gasteiger partial charge on any atom is 0.274 e. The summed E-state index contributed by atoms with van der Waals surface area (Å²) in [6.45, 7) is 0.387. The van der Waals surface area contributed by atoms with E-state index in [1.807, 2.05) is 0 Å². The van der Waals surface area contributed by atoms with Crippen LogP contribution in [0, 0.1) is 10.1 Å². The largest absolute Gasteiger partial charge is 0.322 e. The zero-order valence-corrected chi connectivity index (χ0v) is 8.55. The molecular formula is C10H11N3O3. The quantitative estimate of drug-likeness (QED) is 0.579. The van der Waals surface area contributed by atoms with E-state index in [-0.39, 0.29) is 18.1 Å².